The standard InChI is InChI=1S/C58H44N2/c1-2-3-15-38-26-32-46-47-33-31-42(37-51(47)45-20-8-7-19-44(45)50(46)36-38)59-53-24-13-10-21-48(53)57-55(59)34-35-56-58(57)49-22-11-14-25-54(49)60(56)52-23-12-9-18-43(52)41-29-27-40(28-30-41)39-16-5-4-6-17-39/h4-14,16-37,55,57H,2-3,15H2,1H3. The minimum atomic E-state index is 0.125. The summed E-state index contributed by atoms with van der Waals surface area (Å²) in [6.45, 7) is 2.27. The van der Waals surface area contributed by atoms with Crippen LogP contribution in [0.3, 0.4) is 0 Å². The molecular formula is C58H44N2. The molecule has 12 rings (SSSR count). The first kappa shape index (κ1) is 34.8. The molecule has 0 fully saturated rings. The van der Waals surface area contributed by atoms with Crippen LogP contribution in [-0.4, -0.2) is 10.6 Å². The zero-order valence-corrected chi connectivity index (χ0v) is 33.7. The Balaban J connectivity index is 1.01. The summed E-state index contributed by atoms with van der Waals surface area (Å²) in [6.07, 6.45) is 8.43. The van der Waals surface area contributed by atoms with E-state index >= 15 is 0 Å². The van der Waals surface area contributed by atoms with Crippen LogP contribution in [0.25, 0.3) is 77.2 Å². The highest BCUT2D eigenvalue weighted by Crippen LogP contribution is 2.54. The quantitative estimate of drug-likeness (QED) is 0.147. The Bertz CT molecular complexity index is 3290. The number of hydrogen-bond acceptors (Lipinski definition) is 1. The van der Waals surface area contributed by atoms with Crippen LogP contribution in [0.1, 0.15) is 48.1 Å². The van der Waals surface area contributed by atoms with E-state index in [1.54, 1.807) is 0 Å². The molecule has 1 aliphatic heterocycles. The van der Waals surface area contributed by atoms with Gasteiger partial charge in [0.05, 0.1) is 22.9 Å². The van der Waals surface area contributed by atoms with Crippen molar-refractivity contribution in [1.82, 2.24) is 4.57 Å². The molecule has 2 atom stereocenters. The van der Waals surface area contributed by atoms with Gasteiger partial charge in [-0.15, -0.1) is 0 Å². The molecule has 286 valence electrons. The number of aryl methyl sites for hydroxylation is 1. The van der Waals surface area contributed by atoms with E-state index in [1.807, 2.05) is 0 Å². The average molecular weight is 769 g/mol. The summed E-state index contributed by atoms with van der Waals surface area (Å²) in [5.74, 6) is 0.162. The van der Waals surface area contributed by atoms with Gasteiger partial charge < -0.3 is 9.47 Å². The van der Waals surface area contributed by atoms with Crippen LogP contribution in [0.2, 0.25) is 0 Å². The number of para-hydroxylation sites is 3. The first-order valence-electron chi connectivity index (χ1n) is 21.6. The fraction of sp³-hybridized carbons (Fsp3) is 0.103. The summed E-state index contributed by atoms with van der Waals surface area (Å²) >= 11 is 0. The molecule has 2 heterocycles. The van der Waals surface area contributed by atoms with Crippen molar-refractivity contribution in [3.05, 3.63) is 217 Å². The Morgan fingerprint density at radius 1 is 0.483 bits per heavy atom. The molecule has 0 amide bonds. The van der Waals surface area contributed by atoms with Crippen molar-refractivity contribution in [3.63, 3.8) is 0 Å². The van der Waals surface area contributed by atoms with Gasteiger partial charge in [-0.1, -0.05) is 177 Å². The predicted octanol–water partition coefficient (Wildman–Crippen LogP) is 15.4. The highest BCUT2D eigenvalue weighted by Gasteiger charge is 2.43. The lowest BCUT2D eigenvalue weighted by molar-refractivity contribution is 0.726. The van der Waals surface area contributed by atoms with Crippen LogP contribution < -0.4 is 4.90 Å². The van der Waals surface area contributed by atoms with Gasteiger partial charge in [-0.25, -0.2) is 0 Å². The van der Waals surface area contributed by atoms with Gasteiger partial charge in [0, 0.05) is 28.2 Å². The second-order valence-electron chi connectivity index (χ2n) is 16.6. The van der Waals surface area contributed by atoms with E-state index in [4.69, 9.17) is 0 Å². The monoisotopic (exact) mass is 768 g/mol. The molecule has 2 unspecified atom stereocenters. The van der Waals surface area contributed by atoms with Crippen molar-refractivity contribution in [2.24, 2.45) is 0 Å². The number of anilines is 2. The molecule has 2 heteroatoms. The molecule has 0 radical (unpaired) electrons. The number of rotatable bonds is 7. The summed E-state index contributed by atoms with van der Waals surface area (Å²) in [4.78, 5) is 2.61. The lowest BCUT2D eigenvalue weighted by Crippen LogP contribution is -2.30. The number of fused-ring (bicyclic) bond motifs is 13. The van der Waals surface area contributed by atoms with Crippen LogP contribution in [0, 0.1) is 0 Å². The average Bonchev–Trinajstić information content (AvgIpc) is 3.84. The lowest BCUT2D eigenvalue weighted by Gasteiger charge is -2.31. The van der Waals surface area contributed by atoms with Gasteiger partial charge in [0.15, 0.2) is 0 Å². The van der Waals surface area contributed by atoms with Crippen LogP contribution in [0.5, 0.6) is 0 Å². The molecule has 2 aliphatic rings. The molecule has 1 aromatic heterocycles. The molecule has 0 saturated heterocycles. The number of unbranched alkanes of at least 4 members (excludes halogenated alkanes) is 1. The molecule has 9 aromatic carbocycles. The number of aromatic nitrogens is 1. The Kier molecular flexibility index (Phi) is 8.13. The highest BCUT2D eigenvalue weighted by molar-refractivity contribution is 6.26. The fourth-order valence-electron chi connectivity index (χ4n) is 10.6. The zero-order chi connectivity index (χ0) is 39.7. The third-order valence-electron chi connectivity index (χ3n) is 13.3. The maximum absolute atomic E-state index is 2.61. The van der Waals surface area contributed by atoms with E-state index in [0.29, 0.717) is 0 Å². The molecule has 60 heavy (non-hydrogen) atoms. The van der Waals surface area contributed by atoms with E-state index in [-0.39, 0.29) is 12.0 Å². The van der Waals surface area contributed by atoms with Gasteiger partial charge >= 0.3 is 0 Å². The Labute approximate surface area is 351 Å². The molecular weight excluding hydrogens is 725 g/mol. The number of nitrogens with zero attached hydrogens (tertiary/aromatic N) is 2. The molecule has 0 saturated carbocycles. The van der Waals surface area contributed by atoms with Gasteiger partial charge in [-0.3, -0.25) is 0 Å². The van der Waals surface area contributed by atoms with Gasteiger partial charge in [0.1, 0.15) is 0 Å². The van der Waals surface area contributed by atoms with Gasteiger partial charge in [-0.05, 0) is 115 Å². The molecule has 0 spiro atoms. The van der Waals surface area contributed by atoms with E-state index in [1.165, 1.54) is 118 Å². The van der Waals surface area contributed by atoms with Crippen molar-refractivity contribution in [2.75, 3.05) is 4.90 Å². The topological polar surface area (TPSA) is 8.17 Å². The predicted molar refractivity (Wildman–Crippen MR) is 255 cm³/mol. The SMILES string of the molecule is CCCCc1ccc2c3ccc(N4c5ccccc5C5c6c(n(-c7ccccc7-c7ccc(-c8ccccc8)cc7)c7ccccc67)C=CC54)cc3c3ccccc3c2c1. The number of hydrogen-bond donors (Lipinski definition) is 0. The lowest BCUT2D eigenvalue weighted by atomic mass is 9.82. The molecule has 10 aromatic rings. The third kappa shape index (κ3) is 5.34. The first-order chi connectivity index (χ1) is 29.7. The van der Waals surface area contributed by atoms with Gasteiger partial charge in [0.2, 0.25) is 0 Å². The van der Waals surface area contributed by atoms with Crippen LogP contribution >= 0.6 is 0 Å². The maximum Gasteiger partial charge on any atom is 0.0637 e. The van der Waals surface area contributed by atoms with Crippen LogP contribution in [0.4, 0.5) is 11.4 Å². The molecule has 0 N–H and O–H groups in total. The molecule has 0 bridgehead atoms. The summed E-state index contributed by atoms with van der Waals surface area (Å²) in [5.41, 5.74) is 15.3. The molecule has 2 nitrogen and oxygen atoms in total. The van der Waals surface area contributed by atoms with Crippen molar-refractivity contribution in [3.8, 4) is 27.9 Å². The third-order valence-corrected chi connectivity index (χ3v) is 13.3. The van der Waals surface area contributed by atoms with E-state index in [0.717, 1.165) is 6.42 Å². The van der Waals surface area contributed by atoms with E-state index in [2.05, 4.69) is 217 Å². The smallest absolute Gasteiger partial charge is 0.0637 e. The van der Waals surface area contributed by atoms with Crippen molar-refractivity contribution in [1.29, 1.82) is 0 Å². The van der Waals surface area contributed by atoms with Crippen LogP contribution in [0.15, 0.2) is 194 Å². The Morgan fingerprint density at radius 3 is 1.90 bits per heavy atom. The summed E-state index contributed by atoms with van der Waals surface area (Å²) in [6, 6.07) is 70.3. The molecule has 1 aliphatic carbocycles. The van der Waals surface area contributed by atoms with Crippen molar-refractivity contribution < 1.29 is 0 Å². The highest BCUT2D eigenvalue weighted by atomic mass is 15.2. The summed E-state index contributed by atoms with van der Waals surface area (Å²) in [5, 5.41) is 9.27. The van der Waals surface area contributed by atoms with Gasteiger partial charge in [-0.2, -0.15) is 0 Å². The maximum atomic E-state index is 2.61. The second-order valence-corrected chi connectivity index (χ2v) is 16.6. The van der Waals surface area contributed by atoms with Crippen molar-refractivity contribution in [2.45, 2.75) is 38.1 Å². The van der Waals surface area contributed by atoms with Crippen molar-refractivity contribution >= 4 is 60.7 Å². The normalized spacial score (nSPS) is 15.5. The summed E-state index contributed by atoms with van der Waals surface area (Å²) < 4.78 is 2.52. The first-order valence-corrected chi connectivity index (χ1v) is 21.6. The number of benzene rings is 9. The summed E-state index contributed by atoms with van der Waals surface area (Å²) in [7, 11) is 0. The second kappa shape index (κ2) is 14.0. The van der Waals surface area contributed by atoms with E-state index < -0.39 is 0 Å². The zero-order valence-electron chi connectivity index (χ0n) is 33.7. The minimum absolute atomic E-state index is 0.125. The van der Waals surface area contributed by atoms with Crippen LogP contribution in [-0.2, 0) is 6.42 Å². The fourth-order valence-corrected chi connectivity index (χ4v) is 10.6. The Hall–Kier alpha value is -7.16. The Morgan fingerprint density at radius 2 is 1.10 bits per heavy atom. The largest absolute Gasteiger partial charge is 0.333 e. The van der Waals surface area contributed by atoms with Gasteiger partial charge in [0.25, 0.3) is 0 Å². The minimum Gasteiger partial charge on any atom is -0.333 e. The van der Waals surface area contributed by atoms with E-state index in [9.17, 15) is 0 Å².